The molecule has 0 spiro atoms. The highest BCUT2D eigenvalue weighted by molar-refractivity contribution is 5.74. The fourth-order valence-electron chi connectivity index (χ4n) is 3.54. The SMILES string of the molecule is N#CC1(OC(=O)C2CC3CCC2C3)CCC1. The Morgan fingerprint density at radius 1 is 1.31 bits per heavy atom. The molecule has 0 aromatic rings. The summed E-state index contributed by atoms with van der Waals surface area (Å²) in [4.78, 5) is 12.0. The van der Waals surface area contributed by atoms with Crippen LogP contribution in [-0.2, 0) is 9.53 Å². The van der Waals surface area contributed by atoms with Crippen molar-refractivity contribution in [3.63, 3.8) is 0 Å². The molecular weight excluding hydrogens is 202 g/mol. The van der Waals surface area contributed by atoms with Crippen molar-refractivity contribution < 1.29 is 9.53 Å². The fourth-order valence-corrected chi connectivity index (χ4v) is 3.54. The molecule has 0 aromatic heterocycles. The van der Waals surface area contributed by atoms with Gasteiger partial charge < -0.3 is 4.74 Å². The van der Waals surface area contributed by atoms with Crippen LogP contribution in [0.4, 0.5) is 0 Å². The predicted molar refractivity (Wildman–Crippen MR) is 57.2 cm³/mol. The zero-order valence-electron chi connectivity index (χ0n) is 9.45. The number of ether oxygens (including phenoxy) is 1. The van der Waals surface area contributed by atoms with Crippen LogP contribution in [0, 0.1) is 29.1 Å². The highest BCUT2D eigenvalue weighted by Gasteiger charge is 2.48. The van der Waals surface area contributed by atoms with E-state index in [1.54, 1.807) is 0 Å². The van der Waals surface area contributed by atoms with E-state index in [0.29, 0.717) is 5.92 Å². The first kappa shape index (κ1) is 10.1. The van der Waals surface area contributed by atoms with Crippen molar-refractivity contribution in [2.45, 2.75) is 50.5 Å². The average Bonchev–Trinajstić information content (AvgIpc) is 2.84. The standard InChI is InChI=1S/C13H17NO2/c14-8-13(4-1-5-13)16-12(15)11-7-9-2-3-10(11)6-9/h9-11H,1-7H2. The highest BCUT2D eigenvalue weighted by atomic mass is 16.6. The number of rotatable bonds is 2. The minimum Gasteiger partial charge on any atom is -0.443 e. The third-order valence-corrected chi connectivity index (χ3v) is 4.70. The Morgan fingerprint density at radius 3 is 2.56 bits per heavy atom. The molecule has 3 nitrogen and oxygen atoms in total. The molecule has 0 aliphatic heterocycles. The average molecular weight is 219 g/mol. The van der Waals surface area contributed by atoms with E-state index in [1.807, 2.05) is 0 Å². The van der Waals surface area contributed by atoms with Crippen LogP contribution in [0.1, 0.15) is 44.9 Å². The first-order valence-electron chi connectivity index (χ1n) is 6.36. The van der Waals surface area contributed by atoms with Gasteiger partial charge in [-0.05, 0) is 37.5 Å². The van der Waals surface area contributed by atoms with Gasteiger partial charge in [-0.3, -0.25) is 4.79 Å². The molecule has 3 aliphatic carbocycles. The minimum absolute atomic E-state index is 0.0894. The molecule has 16 heavy (non-hydrogen) atoms. The molecule has 86 valence electrons. The molecule has 0 heterocycles. The van der Waals surface area contributed by atoms with Gasteiger partial charge in [0.1, 0.15) is 6.07 Å². The second-order valence-electron chi connectivity index (χ2n) is 5.66. The third kappa shape index (κ3) is 1.43. The van der Waals surface area contributed by atoms with Gasteiger partial charge in [0.25, 0.3) is 0 Å². The van der Waals surface area contributed by atoms with Crippen LogP contribution in [0.3, 0.4) is 0 Å². The van der Waals surface area contributed by atoms with E-state index in [9.17, 15) is 4.79 Å². The molecule has 3 unspecified atom stereocenters. The monoisotopic (exact) mass is 219 g/mol. The first-order chi connectivity index (χ1) is 7.72. The lowest BCUT2D eigenvalue weighted by Gasteiger charge is -2.36. The van der Waals surface area contributed by atoms with E-state index in [0.717, 1.165) is 31.6 Å². The number of esters is 1. The van der Waals surface area contributed by atoms with Crippen molar-refractivity contribution in [2.75, 3.05) is 0 Å². The normalized spacial score (nSPS) is 38.8. The van der Waals surface area contributed by atoms with Crippen LogP contribution in [0.5, 0.6) is 0 Å². The minimum atomic E-state index is -0.751. The molecular formula is C13H17NO2. The van der Waals surface area contributed by atoms with Crippen molar-refractivity contribution >= 4 is 5.97 Å². The number of nitrogens with zero attached hydrogens (tertiary/aromatic N) is 1. The van der Waals surface area contributed by atoms with Gasteiger partial charge in [-0.1, -0.05) is 6.42 Å². The molecule has 3 atom stereocenters. The Kier molecular flexibility index (Phi) is 2.20. The maximum Gasteiger partial charge on any atom is 0.310 e. The molecule has 2 bridgehead atoms. The van der Waals surface area contributed by atoms with Gasteiger partial charge in [0.05, 0.1) is 5.92 Å². The van der Waals surface area contributed by atoms with Gasteiger partial charge in [-0.25, -0.2) is 0 Å². The summed E-state index contributed by atoms with van der Waals surface area (Å²) in [7, 11) is 0. The topological polar surface area (TPSA) is 50.1 Å². The van der Waals surface area contributed by atoms with Crippen molar-refractivity contribution in [3.8, 4) is 6.07 Å². The number of nitriles is 1. The number of hydrogen-bond acceptors (Lipinski definition) is 3. The third-order valence-electron chi connectivity index (χ3n) is 4.70. The fraction of sp³-hybridized carbons (Fsp3) is 0.846. The summed E-state index contributed by atoms with van der Waals surface area (Å²) in [5.41, 5.74) is -0.751. The van der Waals surface area contributed by atoms with Gasteiger partial charge in [0.15, 0.2) is 5.60 Å². The number of carbonyl (C=O) groups is 1. The Balaban J connectivity index is 1.64. The second kappa shape index (κ2) is 3.48. The van der Waals surface area contributed by atoms with E-state index in [-0.39, 0.29) is 11.9 Å². The van der Waals surface area contributed by atoms with Crippen LogP contribution in [-0.4, -0.2) is 11.6 Å². The largest absolute Gasteiger partial charge is 0.443 e. The quantitative estimate of drug-likeness (QED) is 0.670. The molecule has 3 saturated carbocycles. The van der Waals surface area contributed by atoms with Crippen LogP contribution in [0.15, 0.2) is 0 Å². The van der Waals surface area contributed by atoms with E-state index in [1.165, 1.54) is 19.3 Å². The van der Waals surface area contributed by atoms with Crippen LogP contribution < -0.4 is 0 Å². The van der Waals surface area contributed by atoms with Gasteiger partial charge in [-0.2, -0.15) is 5.26 Å². The van der Waals surface area contributed by atoms with Gasteiger partial charge in [-0.15, -0.1) is 0 Å². The Bertz CT molecular complexity index is 353. The van der Waals surface area contributed by atoms with Crippen molar-refractivity contribution in [2.24, 2.45) is 17.8 Å². The summed E-state index contributed by atoms with van der Waals surface area (Å²) in [5.74, 6) is 1.31. The summed E-state index contributed by atoms with van der Waals surface area (Å²) >= 11 is 0. The molecule has 3 aliphatic rings. The lowest BCUT2D eigenvalue weighted by molar-refractivity contribution is -0.168. The van der Waals surface area contributed by atoms with Gasteiger partial charge in [0, 0.05) is 12.8 Å². The first-order valence-corrected chi connectivity index (χ1v) is 6.36. The maximum atomic E-state index is 12.0. The smallest absolute Gasteiger partial charge is 0.310 e. The number of fused-ring (bicyclic) bond motifs is 2. The van der Waals surface area contributed by atoms with E-state index in [4.69, 9.17) is 10.00 Å². The number of carbonyl (C=O) groups excluding carboxylic acids is 1. The zero-order chi connectivity index (χ0) is 11.2. The van der Waals surface area contributed by atoms with E-state index < -0.39 is 5.60 Å². The van der Waals surface area contributed by atoms with Crippen LogP contribution in [0.25, 0.3) is 0 Å². The summed E-state index contributed by atoms with van der Waals surface area (Å²) in [6.45, 7) is 0. The van der Waals surface area contributed by atoms with Crippen molar-refractivity contribution in [3.05, 3.63) is 0 Å². The summed E-state index contributed by atoms with van der Waals surface area (Å²) < 4.78 is 5.46. The molecule has 0 radical (unpaired) electrons. The summed E-state index contributed by atoms with van der Waals surface area (Å²) in [6, 6.07) is 2.17. The van der Waals surface area contributed by atoms with Gasteiger partial charge >= 0.3 is 5.97 Å². The predicted octanol–water partition coefficient (Wildman–Crippen LogP) is 2.41. The Hall–Kier alpha value is -1.04. The summed E-state index contributed by atoms with van der Waals surface area (Å²) in [5, 5.41) is 9.03. The molecule has 0 saturated heterocycles. The second-order valence-corrected chi connectivity index (χ2v) is 5.66. The molecule has 0 amide bonds. The zero-order valence-corrected chi connectivity index (χ0v) is 9.45. The maximum absolute atomic E-state index is 12.0. The number of hydrogen-bond donors (Lipinski definition) is 0. The lowest BCUT2D eigenvalue weighted by Crippen LogP contribution is -2.42. The molecule has 0 N–H and O–H groups in total. The highest BCUT2D eigenvalue weighted by Crippen LogP contribution is 2.49. The Labute approximate surface area is 95.8 Å². The lowest BCUT2D eigenvalue weighted by atomic mass is 9.81. The van der Waals surface area contributed by atoms with Crippen molar-refractivity contribution in [1.82, 2.24) is 0 Å². The Morgan fingerprint density at radius 2 is 2.12 bits per heavy atom. The summed E-state index contributed by atoms with van der Waals surface area (Å²) in [6.07, 6.45) is 7.16. The molecule has 3 heteroatoms. The van der Waals surface area contributed by atoms with Crippen LogP contribution in [0.2, 0.25) is 0 Å². The molecule has 0 aromatic carbocycles. The van der Waals surface area contributed by atoms with Gasteiger partial charge in [0.2, 0.25) is 0 Å². The van der Waals surface area contributed by atoms with E-state index >= 15 is 0 Å². The van der Waals surface area contributed by atoms with E-state index in [2.05, 4.69) is 6.07 Å². The molecule has 3 fully saturated rings. The van der Waals surface area contributed by atoms with Crippen LogP contribution >= 0.6 is 0 Å². The van der Waals surface area contributed by atoms with Crippen molar-refractivity contribution in [1.29, 1.82) is 5.26 Å². The molecule has 3 rings (SSSR count).